The summed E-state index contributed by atoms with van der Waals surface area (Å²) in [5, 5.41) is 26.8. The lowest BCUT2D eigenvalue weighted by Crippen LogP contribution is -2.68. The molecule has 0 aliphatic carbocycles. The van der Waals surface area contributed by atoms with Crippen molar-refractivity contribution in [3.8, 4) is 11.1 Å². The van der Waals surface area contributed by atoms with Crippen LogP contribution in [0.2, 0.25) is 0 Å². The molecule has 0 radical (unpaired) electrons. The molecule has 3 rings (SSSR count). The van der Waals surface area contributed by atoms with Crippen molar-refractivity contribution in [2.45, 2.75) is 69.9 Å². The standard InChI is InChI=1S/C30H36N2O11/c1-17(33)32-26-23(36)15-30(39,29(38)40-4)43-28(26)27(42-19(3)35)24(41-18(2)34)16-31-25(37)14-20-10-12-22(13-11-20)21-8-6-5-7-9-21/h5-13,23-24,26-28,36,39H,14-16H2,1-4H3,(H,31,37)(H,32,33)/t23-,24+,26+,27+,28+,30+/m0/s1. The zero-order valence-electron chi connectivity index (χ0n) is 24.3. The maximum atomic E-state index is 12.9. The van der Waals surface area contributed by atoms with Gasteiger partial charge in [0, 0.05) is 27.2 Å². The number of carbonyl (C=O) groups excluding carboxylic acids is 5. The van der Waals surface area contributed by atoms with Crippen molar-refractivity contribution in [3.05, 3.63) is 60.2 Å². The highest BCUT2D eigenvalue weighted by Crippen LogP contribution is 2.33. The van der Waals surface area contributed by atoms with Gasteiger partial charge in [0.2, 0.25) is 11.8 Å². The molecule has 2 amide bonds. The summed E-state index contributed by atoms with van der Waals surface area (Å²) in [6, 6.07) is 15.7. The Labute approximate surface area is 248 Å². The van der Waals surface area contributed by atoms with Crippen molar-refractivity contribution in [1.82, 2.24) is 10.6 Å². The third kappa shape index (κ3) is 9.08. The highest BCUT2D eigenvalue weighted by Gasteiger charge is 2.56. The number of esters is 3. The molecule has 0 bridgehead atoms. The maximum Gasteiger partial charge on any atom is 0.366 e. The second kappa shape index (κ2) is 14.7. The number of amides is 2. The first kappa shape index (κ1) is 33.2. The number of hydrogen-bond donors (Lipinski definition) is 4. The average molecular weight is 601 g/mol. The molecule has 13 heteroatoms. The molecule has 1 fully saturated rings. The molecular weight excluding hydrogens is 564 g/mol. The number of ether oxygens (including phenoxy) is 4. The second-order valence-corrected chi connectivity index (χ2v) is 10.1. The third-order valence-corrected chi connectivity index (χ3v) is 6.70. The van der Waals surface area contributed by atoms with Gasteiger partial charge >= 0.3 is 17.9 Å². The fourth-order valence-electron chi connectivity index (χ4n) is 4.84. The smallest absolute Gasteiger partial charge is 0.366 e. The van der Waals surface area contributed by atoms with Gasteiger partial charge in [-0.2, -0.15) is 0 Å². The minimum absolute atomic E-state index is 0.0324. The number of carbonyl (C=O) groups is 5. The number of benzene rings is 2. The molecule has 1 aliphatic rings. The van der Waals surface area contributed by atoms with Crippen molar-refractivity contribution >= 4 is 29.7 Å². The van der Waals surface area contributed by atoms with E-state index in [0.29, 0.717) is 5.56 Å². The van der Waals surface area contributed by atoms with Crippen LogP contribution < -0.4 is 10.6 Å². The number of methoxy groups -OCH3 is 1. The SMILES string of the molecule is COC(=O)[C@@]1(O)C[C@H](O)[C@@H](NC(C)=O)[C@H]([C@H](OC(C)=O)[C@@H](CNC(=O)Cc2ccc(-c3ccccc3)cc2)OC(C)=O)O1. The van der Waals surface area contributed by atoms with Crippen LogP contribution in [0.1, 0.15) is 32.8 Å². The lowest BCUT2D eigenvalue weighted by atomic mass is 9.88. The summed E-state index contributed by atoms with van der Waals surface area (Å²) in [6.45, 7) is 2.90. The van der Waals surface area contributed by atoms with Crippen LogP contribution in [0.4, 0.5) is 0 Å². The van der Waals surface area contributed by atoms with Crippen molar-refractivity contribution < 1.29 is 53.1 Å². The van der Waals surface area contributed by atoms with E-state index in [-0.39, 0.29) is 6.42 Å². The van der Waals surface area contributed by atoms with Gasteiger partial charge in [0.15, 0.2) is 12.2 Å². The normalized spacial score (nSPS) is 22.8. The van der Waals surface area contributed by atoms with Crippen LogP contribution in [0.25, 0.3) is 11.1 Å². The van der Waals surface area contributed by atoms with E-state index in [1.165, 1.54) is 0 Å². The number of rotatable bonds is 11. The first-order valence-electron chi connectivity index (χ1n) is 13.5. The highest BCUT2D eigenvalue weighted by molar-refractivity contribution is 5.79. The summed E-state index contributed by atoms with van der Waals surface area (Å²) < 4.78 is 21.0. The molecule has 1 saturated heterocycles. The summed E-state index contributed by atoms with van der Waals surface area (Å²) in [5.41, 5.74) is 2.69. The van der Waals surface area contributed by atoms with E-state index >= 15 is 0 Å². The van der Waals surface area contributed by atoms with Crippen molar-refractivity contribution in [2.75, 3.05) is 13.7 Å². The van der Waals surface area contributed by atoms with Crippen LogP contribution >= 0.6 is 0 Å². The van der Waals surface area contributed by atoms with Gasteiger partial charge < -0.3 is 39.8 Å². The van der Waals surface area contributed by atoms with Gasteiger partial charge in [0.1, 0.15) is 6.10 Å². The summed E-state index contributed by atoms with van der Waals surface area (Å²) in [7, 11) is 0.987. The van der Waals surface area contributed by atoms with Crippen LogP contribution in [0, 0.1) is 0 Å². The van der Waals surface area contributed by atoms with Gasteiger partial charge in [-0.3, -0.25) is 19.2 Å². The van der Waals surface area contributed by atoms with E-state index in [1.54, 1.807) is 12.1 Å². The first-order chi connectivity index (χ1) is 20.3. The quantitative estimate of drug-likeness (QED) is 0.206. The maximum absolute atomic E-state index is 12.9. The molecule has 2 aromatic rings. The molecule has 0 saturated carbocycles. The molecule has 1 aliphatic heterocycles. The number of aliphatic hydroxyl groups excluding tert-OH is 1. The Morgan fingerprint density at radius 1 is 0.953 bits per heavy atom. The number of aliphatic hydroxyl groups is 2. The van der Waals surface area contributed by atoms with Crippen molar-refractivity contribution in [3.63, 3.8) is 0 Å². The number of nitrogens with one attached hydrogen (secondary N) is 2. The Kier molecular flexibility index (Phi) is 11.4. The Balaban J connectivity index is 1.83. The molecule has 1 heterocycles. The van der Waals surface area contributed by atoms with Gasteiger partial charge in [-0.25, -0.2) is 4.79 Å². The minimum Gasteiger partial charge on any atom is -0.465 e. The predicted octanol–water partition coefficient (Wildman–Crippen LogP) is 0.392. The highest BCUT2D eigenvalue weighted by atomic mass is 16.7. The van der Waals surface area contributed by atoms with Crippen LogP contribution in [-0.2, 0) is 49.3 Å². The van der Waals surface area contributed by atoms with Crippen LogP contribution in [0.3, 0.4) is 0 Å². The molecule has 0 aromatic heterocycles. The largest absolute Gasteiger partial charge is 0.465 e. The summed E-state index contributed by atoms with van der Waals surface area (Å²) in [4.78, 5) is 61.4. The Morgan fingerprint density at radius 3 is 2.12 bits per heavy atom. The molecule has 232 valence electrons. The zero-order chi connectivity index (χ0) is 31.7. The van der Waals surface area contributed by atoms with E-state index in [9.17, 15) is 34.2 Å². The zero-order valence-corrected chi connectivity index (χ0v) is 24.3. The number of hydrogen-bond acceptors (Lipinski definition) is 11. The van der Waals surface area contributed by atoms with E-state index < -0.39 is 78.9 Å². The fraction of sp³-hybridized carbons (Fsp3) is 0.433. The summed E-state index contributed by atoms with van der Waals surface area (Å²) in [5.74, 6) is -6.71. The summed E-state index contributed by atoms with van der Waals surface area (Å²) in [6.07, 6.45) is -6.99. The first-order valence-corrected chi connectivity index (χ1v) is 13.5. The fourth-order valence-corrected chi connectivity index (χ4v) is 4.84. The topological polar surface area (TPSA) is 187 Å². The second-order valence-electron chi connectivity index (χ2n) is 10.1. The van der Waals surface area contributed by atoms with Gasteiger partial charge in [-0.15, -0.1) is 0 Å². The minimum atomic E-state index is -2.69. The van der Waals surface area contributed by atoms with Crippen LogP contribution in [-0.4, -0.2) is 89.8 Å². The molecule has 6 atom stereocenters. The third-order valence-electron chi connectivity index (χ3n) is 6.70. The molecule has 4 N–H and O–H groups in total. The molecule has 2 aromatic carbocycles. The van der Waals surface area contributed by atoms with E-state index in [2.05, 4.69) is 15.4 Å². The van der Waals surface area contributed by atoms with Gasteiger partial charge in [0.05, 0.1) is 32.2 Å². The monoisotopic (exact) mass is 600 g/mol. The molecule has 0 spiro atoms. The lowest BCUT2D eigenvalue weighted by Gasteiger charge is -2.46. The predicted molar refractivity (Wildman–Crippen MR) is 150 cm³/mol. The molecule has 0 unspecified atom stereocenters. The molecule has 13 nitrogen and oxygen atoms in total. The van der Waals surface area contributed by atoms with Gasteiger partial charge in [-0.05, 0) is 16.7 Å². The Bertz CT molecular complexity index is 1300. The van der Waals surface area contributed by atoms with Gasteiger partial charge in [0.25, 0.3) is 5.79 Å². The van der Waals surface area contributed by atoms with Gasteiger partial charge in [-0.1, -0.05) is 54.6 Å². The van der Waals surface area contributed by atoms with Crippen LogP contribution in [0.15, 0.2) is 54.6 Å². The van der Waals surface area contributed by atoms with Crippen LogP contribution in [0.5, 0.6) is 0 Å². The van der Waals surface area contributed by atoms with Crippen molar-refractivity contribution in [1.29, 1.82) is 0 Å². The molecule has 43 heavy (non-hydrogen) atoms. The Morgan fingerprint density at radius 2 is 1.56 bits per heavy atom. The molecular formula is C30H36N2O11. The lowest BCUT2D eigenvalue weighted by molar-refractivity contribution is -0.297. The van der Waals surface area contributed by atoms with E-state index in [1.807, 2.05) is 42.5 Å². The Hall–Kier alpha value is -4.33. The summed E-state index contributed by atoms with van der Waals surface area (Å²) >= 11 is 0. The van der Waals surface area contributed by atoms with Crippen molar-refractivity contribution in [2.24, 2.45) is 0 Å². The van der Waals surface area contributed by atoms with E-state index in [0.717, 1.165) is 39.0 Å². The van der Waals surface area contributed by atoms with E-state index in [4.69, 9.17) is 14.2 Å². The average Bonchev–Trinajstić information content (AvgIpc) is 2.95.